The molecule has 0 aliphatic rings. The molecule has 6 aromatic rings. The van der Waals surface area contributed by atoms with Crippen molar-refractivity contribution in [3.63, 3.8) is 0 Å². The molecule has 0 aliphatic heterocycles. The van der Waals surface area contributed by atoms with Crippen LogP contribution in [0, 0.1) is 0 Å². The van der Waals surface area contributed by atoms with Crippen molar-refractivity contribution < 1.29 is 5.11 Å². The van der Waals surface area contributed by atoms with Gasteiger partial charge in [-0.3, -0.25) is 54.9 Å². The monoisotopic (exact) mass is 1290 g/mol. The SMILES string of the molecule is CC(C)N=Cc1cc(C=NC(C)C)cc(-c2ccccc2)c1.CC(C)N=Cc1cc(C=NC(C)C)cc(N(C)C)c1.CC(C)N=Cc1cc(C=NC(C)C)cc(NCCO)c1.CC(C)N=Cc1cncc(C=NC(C)C)c1.CNc1cc(C=NC(C)C)cc(C=NC(C)C)c1. The number of benzene rings is 5. The lowest BCUT2D eigenvalue weighted by Gasteiger charge is -2.14. The first-order valence-corrected chi connectivity index (χ1v) is 33.6. The van der Waals surface area contributed by atoms with Crippen LogP contribution in [0.1, 0.15) is 194 Å². The molecule has 95 heavy (non-hydrogen) atoms. The molecule has 0 atom stereocenters. The second-order valence-electron chi connectivity index (χ2n) is 26.0. The first-order valence-electron chi connectivity index (χ1n) is 33.6. The molecule has 0 aliphatic carbocycles. The quantitative estimate of drug-likeness (QED) is 0.0456. The highest BCUT2D eigenvalue weighted by atomic mass is 16.3. The summed E-state index contributed by atoms with van der Waals surface area (Å²) in [6.07, 6.45) is 22.7. The fourth-order valence-corrected chi connectivity index (χ4v) is 7.76. The summed E-state index contributed by atoms with van der Waals surface area (Å²) >= 11 is 0. The van der Waals surface area contributed by atoms with E-state index >= 15 is 0 Å². The molecule has 1 heterocycles. The Morgan fingerprint density at radius 1 is 0.337 bits per heavy atom. The summed E-state index contributed by atoms with van der Waals surface area (Å²) in [5.41, 5.74) is 16.4. The summed E-state index contributed by atoms with van der Waals surface area (Å²) < 4.78 is 0. The third-order valence-corrected chi connectivity index (χ3v) is 12.2. The number of aliphatic hydroxyl groups is 1. The number of anilines is 3. The molecule has 0 unspecified atom stereocenters. The number of aromatic nitrogens is 1. The van der Waals surface area contributed by atoms with E-state index in [2.05, 4.69) is 238 Å². The zero-order valence-corrected chi connectivity index (χ0v) is 61.8. The molecule has 0 saturated carbocycles. The van der Waals surface area contributed by atoms with Crippen LogP contribution in [-0.2, 0) is 0 Å². The predicted octanol–water partition coefficient (Wildman–Crippen LogP) is 17.3. The summed E-state index contributed by atoms with van der Waals surface area (Å²) in [5, 5.41) is 15.2. The standard InChI is InChI=1S/C20H24N2.C16H25N3O.C16H25N3.C15H23N3.C13H19N3/c1-15(2)21-13-17-10-18(14-22-16(3)4)12-20(11-17)19-8-6-5-7-9-19;1-12(2)18-10-14-7-15(11-19-13(3)4)9-16(8-14)17-5-6-20;1-12(2)17-10-14-7-15(11-18-13(3)4)9-16(8-14)19(5)6;1-11(2)17-9-13-6-14(10-18-12(3)4)8-15(7-13)16-5;1-10(2)15-8-12-5-13(7-14-6-12)9-16-11(3)4/h5-16H,1-4H3;7-13,17,20H,5-6H2,1-4H3;7-13H,1-6H3;6-12,16H,1-5H3;5-11H,1-4H3. The fraction of sp³-hybridized carbons (Fsp3) is 0.438. The molecule has 0 bridgehead atoms. The van der Waals surface area contributed by atoms with Crippen LogP contribution in [0.25, 0.3) is 11.1 Å². The molecule has 0 saturated heterocycles. The first-order chi connectivity index (χ1) is 45.0. The largest absolute Gasteiger partial charge is 0.395 e. The fourth-order valence-electron chi connectivity index (χ4n) is 7.76. The molecule has 0 spiro atoms. The van der Waals surface area contributed by atoms with Gasteiger partial charge in [-0.05, 0) is 273 Å². The lowest BCUT2D eigenvalue weighted by Crippen LogP contribution is -2.09. The molecule has 512 valence electrons. The summed E-state index contributed by atoms with van der Waals surface area (Å²) in [4.78, 5) is 50.4. The lowest BCUT2D eigenvalue weighted by molar-refractivity contribution is 0.311. The molecular formula is C80H116N14O. The lowest BCUT2D eigenvalue weighted by atomic mass is 10.0. The highest BCUT2D eigenvalue weighted by Crippen LogP contribution is 2.22. The normalized spacial score (nSPS) is 12.2. The van der Waals surface area contributed by atoms with Gasteiger partial charge >= 0.3 is 0 Å². The van der Waals surface area contributed by atoms with Gasteiger partial charge in [-0.15, -0.1) is 0 Å². The molecule has 6 rings (SSSR count). The van der Waals surface area contributed by atoms with Crippen molar-refractivity contribution >= 4 is 79.2 Å². The van der Waals surface area contributed by atoms with E-state index < -0.39 is 0 Å². The van der Waals surface area contributed by atoms with Gasteiger partial charge in [-0.1, -0.05) is 30.3 Å². The van der Waals surface area contributed by atoms with Crippen molar-refractivity contribution in [2.24, 2.45) is 49.9 Å². The molecule has 0 radical (unpaired) electrons. The predicted molar refractivity (Wildman–Crippen MR) is 422 cm³/mol. The minimum atomic E-state index is 0.111. The average molecular weight is 1290 g/mol. The number of hydrogen-bond acceptors (Lipinski definition) is 15. The molecule has 15 nitrogen and oxygen atoms in total. The zero-order valence-electron chi connectivity index (χ0n) is 61.8. The number of nitrogens with zero attached hydrogens (tertiary/aromatic N) is 12. The Kier molecular flexibility index (Phi) is 40.3. The van der Waals surface area contributed by atoms with E-state index in [1.54, 1.807) is 12.4 Å². The Bertz CT molecular complexity index is 3250. The van der Waals surface area contributed by atoms with Crippen LogP contribution in [0.3, 0.4) is 0 Å². The second-order valence-corrected chi connectivity index (χ2v) is 26.0. The van der Waals surface area contributed by atoms with Crippen LogP contribution in [0.5, 0.6) is 0 Å². The van der Waals surface area contributed by atoms with Gasteiger partial charge in [0, 0.05) is 191 Å². The van der Waals surface area contributed by atoms with Crippen LogP contribution < -0.4 is 15.5 Å². The van der Waals surface area contributed by atoms with Crippen molar-refractivity contribution in [2.45, 2.75) is 199 Å². The second kappa shape index (κ2) is 46.4. The Balaban J connectivity index is 0.000000406. The van der Waals surface area contributed by atoms with Gasteiger partial charge < -0.3 is 20.6 Å². The summed E-state index contributed by atoms with van der Waals surface area (Å²) in [6, 6.07) is 40.7. The third kappa shape index (κ3) is 40.2. The molecule has 3 N–H and O–H groups in total. The van der Waals surface area contributed by atoms with E-state index in [-0.39, 0.29) is 18.7 Å². The van der Waals surface area contributed by atoms with Crippen LogP contribution in [0.4, 0.5) is 17.1 Å². The van der Waals surface area contributed by atoms with Crippen molar-refractivity contribution in [2.75, 3.05) is 49.8 Å². The van der Waals surface area contributed by atoms with Crippen molar-refractivity contribution in [1.82, 2.24) is 4.98 Å². The number of hydrogen-bond donors (Lipinski definition) is 3. The number of pyridine rings is 1. The number of aliphatic imine (C=N–C) groups is 10. The molecule has 5 aromatic carbocycles. The summed E-state index contributed by atoms with van der Waals surface area (Å²) in [7, 11) is 6.01. The van der Waals surface area contributed by atoms with Crippen LogP contribution in [0.15, 0.2) is 172 Å². The third-order valence-electron chi connectivity index (χ3n) is 12.2. The first kappa shape index (κ1) is 82.4. The van der Waals surface area contributed by atoms with Crippen LogP contribution in [-0.4, -0.2) is 167 Å². The van der Waals surface area contributed by atoms with Crippen molar-refractivity contribution in [1.29, 1.82) is 0 Å². The summed E-state index contributed by atoms with van der Waals surface area (Å²) in [6.45, 7) is 41.9. The topological polar surface area (TPSA) is 184 Å². The number of rotatable bonds is 26. The smallest absolute Gasteiger partial charge is 0.0604 e. The van der Waals surface area contributed by atoms with Crippen LogP contribution in [0.2, 0.25) is 0 Å². The van der Waals surface area contributed by atoms with Crippen molar-refractivity contribution in [3.8, 4) is 11.1 Å². The highest BCUT2D eigenvalue weighted by Gasteiger charge is 2.06. The minimum Gasteiger partial charge on any atom is -0.395 e. The van der Waals surface area contributed by atoms with E-state index in [4.69, 9.17) is 5.11 Å². The average Bonchev–Trinajstić information content (AvgIpc) is 0.933. The maximum atomic E-state index is 8.90. The van der Waals surface area contributed by atoms with Gasteiger partial charge in [-0.2, -0.15) is 0 Å². The van der Waals surface area contributed by atoms with Gasteiger partial charge in [0.15, 0.2) is 0 Å². The van der Waals surface area contributed by atoms with Crippen molar-refractivity contribution in [3.05, 3.63) is 177 Å². The van der Waals surface area contributed by atoms with E-state index in [9.17, 15) is 0 Å². The molecule has 15 heteroatoms. The molecule has 1 aromatic heterocycles. The van der Waals surface area contributed by atoms with Gasteiger partial charge in [0.05, 0.1) is 6.61 Å². The molecule has 0 fully saturated rings. The van der Waals surface area contributed by atoms with Crippen LogP contribution >= 0.6 is 0 Å². The van der Waals surface area contributed by atoms with E-state index in [0.29, 0.717) is 54.9 Å². The van der Waals surface area contributed by atoms with E-state index in [1.807, 2.05) is 163 Å². The molecular weight excluding hydrogens is 1170 g/mol. The zero-order chi connectivity index (χ0) is 70.8. The van der Waals surface area contributed by atoms with E-state index in [0.717, 1.165) is 72.7 Å². The Hall–Kier alpha value is -8.69. The number of aliphatic hydroxyl groups excluding tert-OH is 1. The maximum absolute atomic E-state index is 8.90. The Morgan fingerprint density at radius 2 is 0.589 bits per heavy atom. The molecule has 0 amide bonds. The number of nitrogens with one attached hydrogen (secondary N) is 2. The summed E-state index contributed by atoms with van der Waals surface area (Å²) in [5.74, 6) is 0. The van der Waals surface area contributed by atoms with Gasteiger partial charge in [0.25, 0.3) is 0 Å². The maximum Gasteiger partial charge on any atom is 0.0604 e. The Labute approximate surface area is 573 Å². The minimum absolute atomic E-state index is 0.111. The van der Waals surface area contributed by atoms with Gasteiger partial charge in [0.2, 0.25) is 0 Å². The van der Waals surface area contributed by atoms with E-state index in [1.165, 1.54) is 11.1 Å². The Morgan fingerprint density at radius 3 is 0.853 bits per heavy atom. The van der Waals surface area contributed by atoms with Gasteiger partial charge in [0.1, 0.15) is 0 Å². The highest BCUT2D eigenvalue weighted by molar-refractivity contribution is 5.92. The van der Waals surface area contributed by atoms with Gasteiger partial charge in [-0.25, -0.2) is 0 Å².